The van der Waals surface area contributed by atoms with Gasteiger partial charge >= 0.3 is 0 Å². The van der Waals surface area contributed by atoms with Gasteiger partial charge in [0.05, 0.1) is 0 Å². The largest absolute Gasteiger partial charge is 0.481 e. The molecule has 2 rings (SSSR count). The number of carbonyl (C=O) groups is 1. The standard InChI is InChI=1S/C16H23FN2O2/c1-11(18)14-10-13(17)6-7-15(14)21-12(2)16(20)19-8-4-3-5-9-19/h6-7,10-12H,3-5,8-9,18H2,1-2H3/t11-,12?/m0/s1. The molecule has 5 heteroatoms. The van der Waals surface area contributed by atoms with Crippen molar-refractivity contribution in [2.45, 2.75) is 45.3 Å². The van der Waals surface area contributed by atoms with E-state index in [1.54, 1.807) is 13.8 Å². The Labute approximate surface area is 125 Å². The van der Waals surface area contributed by atoms with Gasteiger partial charge in [0.15, 0.2) is 6.10 Å². The highest BCUT2D eigenvalue weighted by molar-refractivity contribution is 5.81. The fourth-order valence-electron chi connectivity index (χ4n) is 2.59. The average Bonchev–Trinajstić information content (AvgIpc) is 2.49. The minimum atomic E-state index is -0.592. The SMILES string of the molecule is CC(Oc1ccc(F)cc1[C@H](C)N)C(=O)N1CCCCC1. The first-order valence-corrected chi connectivity index (χ1v) is 7.49. The molecule has 4 nitrogen and oxygen atoms in total. The molecule has 1 amide bonds. The summed E-state index contributed by atoms with van der Waals surface area (Å²) in [5.74, 6) is 0.101. The summed E-state index contributed by atoms with van der Waals surface area (Å²) in [5, 5.41) is 0. The molecule has 1 unspecified atom stereocenters. The summed E-state index contributed by atoms with van der Waals surface area (Å²) in [5.41, 5.74) is 6.41. The van der Waals surface area contributed by atoms with Crippen molar-refractivity contribution in [3.05, 3.63) is 29.6 Å². The van der Waals surface area contributed by atoms with E-state index in [9.17, 15) is 9.18 Å². The Morgan fingerprint density at radius 1 is 1.29 bits per heavy atom. The first-order valence-electron chi connectivity index (χ1n) is 7.49. The van der Waals surface area contributed by atoms with Gasteiger partial charge in [0.25, 0.3) is 5.91 Å². The van der Waals surface area contributed by atoms with E-state index in [0.717, 1.165) is 25.9 Å². The predicted molar refractivity (Wildman–Crippen MR) is 79.5 cm³/mol. The highest BCUT2D eigenvalue weighted by Gasteiger charge is 2.24. The quantitative estimate of drug-likeness (QED) is 0.928. The molecule has 0 bridgehead atoms. The Morgan fingerprint density at radius 3 is 2.57 bits per heavy atom. The minimum absolute atomic E-state index is 0.0188. The lowest BCUT2D eigenvalue weighted by Crippen LogP contribution is -2.43. The second kappa shape index (κ2) is 6.89. The molecule has 2 N–H and O–H groups in total. The summed E-state index contributed by atoms with van der Waals surface area (Å²) in [6.45, 7) is 5.07. The van der Waals surface area contributed by atoms with Gasteiger partial charge in [-0.2, -0.15) is 0 Å². The van der Waals surface area contributed by atoms with Crippen molar-refractivity contribution in [3.8, 4) is 5.75 Å². The number of nitrogens with two attached hydrogens (primary N) is 1. The molecular formula is C16H23FN2O2. The number of amides is 1. The van der Waals surface area contributed by atoms with E-state index in [1.165, 1.54) is 24.6 Å². The third kappa shape index (κ3) is 3.94. The molecule has 21 heavy (non-hydrogen) atoms. The maximum atomic E-state index is 13.3. The van der Waals surface area contributed by atoms with Gasteiger partial charge in [-0.1, -0.05) is 0 Å². The maximum Gasteiger partial charge on any atom is 0.263 e. The number of halogens is 1. The van der Waals surface area contributed by atoms with Crippen LogP contribution in [0.2, 0.25) is 0 Å². The van der Waals surface area contributed by atoms with Crippen LogP contribution in [-0.2, 0) is 4.79 Å². The Morgan fingerprint density at radius 2 is 1.95 bits per heavy atom. The van der Waals surface area contributed by atoms with Gasteiger partial charge in [-0.05, 0) is 51.3 Å². The number of nitrogens with zero attached hydrogens (tertiary/aromatic N) is 1. The van der Waals surface area contributed by atoms with Gasteiger partial charge in [0, 0.05) is 24.7 Å². The van der Waals surface area contributed by atoms with Crippen LogP contribution in [0.3, 0.4) is 0 Å². The van der Waals surface area contributed by atoms with Gasteiger partial charge in [-0.25, -0.2) is 4.39 Å². The number of rotatable bonds is 4. The van der Waals surface area contributed by atoms with Crippen molar-refractivity contribution < 1.29 is 13.9 Å². The normalized spacial score (nSPS) is 18.2. The number of ether oxygens (including phenoxy) is 1. The summed E-state index contributed by atoms with van der Waals surface area (Å²) >= 11 is 0. The topological polar surface area (TPSA) is 55.6 Å². The van der Waals surface area contributed by atoms with Gasteiger partial charge < -0.3 is 15.4 Å². The number of hydrogen-bond donors (Lipinski definition) is 1. The van der Waals surface area contributed by atoms with Crippen LogP contribution in [0, 0.1) is 5.82 Å². The van der Waals surface area contributed by atoms with E-state index in [4.69, 9.17) is 10.5 Å². The molecule has 0 aliphatic carbocycles. The first-order chi connectivity index (χ1) is 9.99. The van der Waals surface area contributed by atoms with Crippen molar-refractivity contribution in [2.75, 3.05) is 13.1 Å². The van der Waals surface area contributed by atoms with Crippen LogP contribution in [0.1, 0.15) is 44.7 Å². The Kier molecular flexibility index (Phi) is 5.17. The highest BCUT2D eigenvalue weighted by Crippen LogP contribution is 2.26. The van der Waals surface area contributed by atoms with E-state index < -0.39 is 6.10 Å². The van der Waals surface area contributed by atoms with Crippen LogP contribution in [0.15, 0.2) is 18.2 Å². The van der Waals surface area contributed by atoms with E-state index in [-0.39, 0.29) is 17.8 Å². The highest BCUT2D eigenvalue weighted by atomic mass is 19.1. The molecule has 0 saturated carbocycles. The first kappa shape index (κ1) is 15.8. The van der Waals surface area contributed by atoms with Gasteiger partial charge in [0.2, 0.25) is 0 Å². The number of carbonyl (C=O) groups excluding carboxylic acids is 1. The third-order valence-electron chi connectivity index (χ3n) is 3.78. The fourth-order valence-corrected chi connectivity index (χ4v) is 2.59. The molecule has 1 aromatic carbocycles. The number of piperidine rings is 1. The molecule has 2 atom stereocenters. The molecule has 0 spiro atoms. The zero-order chi connectivity index (χ0) is 15.4. The molecule has 0 radical (unpaired) electrons. The monoisotopic (exact) mass is 294 g/mol. The second-order valence-corrected chi connectivity index (χ2v) is 5.62. The smallest absolute Gasteiger partial charge is 0.263 e. The minimum Gasteiger partial charge on any atom is -0.481 e. The van der Waals surface area contributed by atoms with Gasteiger partial charge in [-0.3, -0.25) is 4.79 Å². The second-order valence-electron chi connectivity index (χ2n) is 5.62. The van der Waals surface area contributed by atoms with Crippen LogP contribution in [0.25, 0.3) is 0 Å². The molecule has 1 saturated heterocycles. The van der Waals surface area contributed by atoms with Crippen molar-refractivity contribution in [2.24, 2.45) is 5.73 Å². The molecular weight excluding hydrogens is 271 g/mol. The summed E-state index contributed by atoms with van der Waals surface area (Å²) in [6.07, 6.45) is 2.66. The zero-order valence-corrected chi connectivity index (χ0v) is 12.6. The lowest BCUT2D eigenvalue weighted by atomic mass is 10.1. The average molecular weight is 294 g/mol. The molecule has 1 aromatic rings. The number of benzene rings is 1. The summed E-state index contributed by atoms with van der Waals surface area (Å²) in [6, 6.07) is 3.86. The molecule has 1 fully saturated rings. The van der Waals surface area contributed by atoms with E-state index >= 15 is 0 Å². The molecule has 1 aliphatic heterocycles. The van der Waals surface area contributed by atoms with Gasteiger partial charge in [0.1, 0.15) is 11.6 Å². The van der Waals surface area contributed by atoms with Crippen LogP contribution < -0.4 is 10.5 Å². The maximum absolute atomic E-state index is 13.3. The number of hydrogen-bond acceptors (Lipinski definition) is 3. The summed E-state index contributed by atoms with van der Waals surface area (Å²) in [4.78, 5) is 14.2. The van der Waals surface area contributed by atoms with Gasteiger partial charge in [-0.15, -0.1) is 0 Å². The molecule has 116 valence electrons. The fraction of sp³-hybridized carbons (Fsp3) is 0.562. The van der Waals surface area contributed by atoms with Crippen LogP contribution in [0.4, 0.5) is 4.39 Å². The Hall–Kier alpha value is -1.62. The molecule has 1 heterocycles. The summed E-state index contributed by atoms with van der Waals surface area (Å²) in [7, 11) is 0. The van der Waals surface area contributed by atoms with E-state index in [2.05, 4.69) is 0 Å². The van der Waals surface area contributed by atoms with Crippen LogP contribution in [0.5, 0.6) is 5.75 Å². The Bertz CT molecular complexity index is 499. The van der Waals surface area contributed by atoms with Crippen LogP contribution in [-0.4, -0.2) is 30.0 Å². The molecule has 0 aromatic heterocycles. The van der Waals surface area contributed by atoms with Crippen molar-refractivity contribution >= 4 is 5.91 Å². The predicted octanol–water partition coefficient (Wildman–Crippen LogP) is 2.63. The third-order valence-corrected chi connectivity index (χ3v) is 3.78. The van der Waals surface area contributed by atoms with E-state index in [0.29, 0.717) is 11.3 Å². The van der Waals surface area contributed by atoms with Crippen molar-refractivity contribution in [3.63, 3.8) is 0 Å². The van der Waals surface area contributed by atoms with Crippen molar-refractivity contribution in [1.29, 1.82) is 0 Å². The summed E-state index contributed by atoms with van der Waals surface area (Å²) < 4.78 is 19.0. The number of likely N-dealkylation sites (tertiary alicyclic amines) is 1. The lowest BCUT2D eigenvalue weighted by molar-refractivity contribution is -0.138. The van der Waals surface area contributed by atoms with Crippen LogP contribution >= 0.6 is 0 Å². The molecule has 1 aliphatic rings. The lowest BCUT2D eigenvalue weighted by Gasteiger charge is -2.29. The van der Waals surface area contributed by atoms with Crippen molar-refractivity contribution in [1.82, 2.24) is 4.90 Å². The zero-order valence-electron chi connectivity index (χ0n) is 12.6. The Balaban J connectivity index is 2.08. The van der Waals surface area contributed by atoms with E-state index in [1.807, 2.05) is 4.90 Å².